The van der Waals surface area contributed by atoms with Crippen molar-refractivity contribution in [1.29, 1.82) is 0 Å². The molecular weight excluding hydrogens is 393 g/mol. The number of nitrogens with two attached hydrogens (primary N) is 1. The summed E-state index contributed by atoms with van der Waals surface area (Å²) in [6.45, 7) is 4.77. The van der Waals surface area contributed by atoms with E-state index in [4.69, 9.17) is 17.3 Å². The average molecular weight is 414 g/mol. The van der Waals surface area contributed by atoms with E-state index in [1.807, 2.05) is 4.57 Å². The molecule has 1 aromatic carbocycles. The van der Waals surface area contributed by atoms with E-state index >= 15 is 0 Å². The number of rotatable bonds is 9. The van der Waals surface area contributed by atoms with Crippen molar-refractivity contribution >= 4 is 40.9 Å². The number of hydrogen-bond acceptors (Lipinski definition) is 5. The zero-order valence-corrected chi connectivity index (χ0v) is 16.6. The van der Waals surface area contributed by atoms with Gasteiger partial charge in [0.25, 0.3) is 0 Å². The molecule has 0 radical (unpaired) electrons. The van der Waals surface area contributed by atoms with Crippen LogP contribution >= 0.6 is 23.4 Å². The second kappa shape index (κ2) is 9.70. The molecule has 0 aliphatic heterocycles. The highest BCUT2D eigenvalue weighted by molar-refractivity contribution is 7.99. The van der Waals surface area contributed by atoms with E-state index in [2.05, 4.69) is 29.4 Å². The van der Waals surface area contributed by atoms with Gasteiger partial charge in [-0.1, -0.05) is 37.2 Å². The summed E-state index contributed by atoms with van der Waals surface area (Å²) in [4.78, 5) is 23.2. The van der Waals surface area contributed by atoms with Crippen molar-refractivity contribution in [3.05, 3.63) is 34.9 Å². The van der Waals surface area contributed by atoms with Crippen molar-refractivity contribution in [2.75, 3.05) is 11.1 Å². The average Bonchev–Trinajstić information content (AvgIpc) is 2.95. The standard InChI is InChI=1S/C17H21ClFN5O2S/c1-10(2)8-24-15(6-5-14(20)25)22-23-17(24)27-9-16(26)21-11-3-4-13(19)12(18)7-11/h3-4,7,10H,5-6,8-9H2,1-2H3,(H2,20,25)(H,21,26). The fourth-order valence-electron chi connectivity index (χ4n) is 2.30. The van der Waals surface area contributed by atoms with E-state index in [1.165, 1.54) is 30.0 Å². The van der Waals surface area contributed by atoms with Gasteiger partial charge >= 0.3 is 0 Å². The summed E-state index contributed by atoms with van der Waals surface area (Å²) in [5.41, 5.74) is 5.62. The maximum atomic E-state index is 13.2. The number of halogens is 2. The van der Waals surface area contributed by atoms with Crippen LogP contribution in [0, 0.1) is 11.7 Å². The lowest BCUT2D eigenvalue weighted by Gasteiger charge is -2.12. The van der Waals surface area contributed by atoms with Crippen LogP contribution in [-0.4, -0.2) is 32.3 Å². The van der Waals surface area contributed by atoms with E-state index < -0.39 is 11.7 Å². The van der Waals surface area contributed by atoms with Crippen LogP contribution < -0.4 is 11.1 Å². The molecule has 0 saturated heterocycles. The van der Waals surface area contributed by atoms with E-state index in [9.17, 15) is 14.0 Å². The summed E-state index contributed by atoms with van der Waals surface area (Å²) < 4.78 is 15.1. The number of benzene rings is 1. The highest BCUT2D eigenvalue weighted by Crippen LogP contribution is 2.22. The third-order valence-corrected chi connectivity index (χ3v) is 4.73. The number of nitrogens with zero attached hydrogens (tertiary/aromatic N) is 3. The van der Waals surface area contributed by atoms with Crippen molar-refractivity contribution in [3.63, 3.8) is 0 Å². The fraction of sp³-hybridized carbons (Fsp3) is 0.412. The Morgan fingerprint density at radius 1 is 1.37 bits per heavy atom. The first-order chi connectivity index (χ1) is 12.8. The summed E-state index contributed by atoms with van der Waals surface area (Å²) in [5, 5.41) is 11.4. The van der Waals surface area contributed by atoms with Crippen LogP contribution in [0.3, 0.4) is 0 Å². The van der Waals surface area contributed by atoms with Crippen LogP contribution in [0.1, 0.15) is 26.1 Å². The highest BCUT2D eigenvalue weighted by atomic mass is 35.5. The van der Waals surface area contributed by atoms with E-state index in [-0.39, 0.29) is 23.1 Å². The van der Waals surface area contributed by atoms with Crippen LogP contribution in [0.25, 0.3) is 0 Å². The predicted molar refractivity (Wildman–Crippen MR) is 103 cm³/mol. The Balaban J connectivity index is 2.01. The molecule has 0 aliphatic carbocycles. The Hall–Kier alpha value is -2.13. The first-order valence-electron chi connectivity index (χ1n) is 8.34. The Bertz CT molecular complexity index is 828. The smallest absolute Gasteiger partial charge is 0.234 e. The Kier molecular flexibility index (Phi) is 7.61. The van der Waals surface area contributed by atoms with Gasteiger partial charge in [0.15, 0.2) is 5.16 Å². The number of carbonyl (C=O) groups is 2. The minimum atomic E-state index is -0.547. The van der Waals surface area contributed by atoms with E-state index in [0.29, 0.717) is 35.6 Å². The molecular formula is C17H21ClFN5O2S. The van der Waals surface area contributed by atoms with E-state index in [1.54, 1.807) is 0 Å². The number of amides is 2. The number of nitrogens with one attached hydrogen (secondary N) is 1. The highest BCUT2D eigenvalue weighted by Gasteiger charge is 2.16. The van der Waals surface area contributed by atoms with Gasteiger partial charge in [-0.15, -0.1) is 10.2 Å². The molecule has 1 aromatic heterocycles. The lowest BCUT2D eigenvalue weighted by Crippen LogP contribution is -2.16. The topological polar surface area (TPSA) is 103 Å². The van der Waals surface area contributed by atoms with Crippen LogP contribution in [0.2, 0.25) is 5.02 Å². The Labute approximate surface area is 165 Å². The minimum absolute atomic E-state index is 0.0591. The van der Waals surface area contributed by atoms with Gasteiger partial charge in [-0.3, -0.25) is 9.59 Å². The van der Waals surface area contributed by atoms with Crippen LogP contribution in [0.4, 0.5) is 10.1 Å². The largest absolute Gasteiger partial charge is 0.370 e. The zero-order chi connectivity index (χ0) is 20.0. The lowest BCUT2D eigenvalue weighted by atomic mass is 10.2. The van der Waals surface area contributed by atoms with Crippen molar-refractivity contribution in [2.45, 2.75) is 38.4 Å². The fourth-order valence-corrected chi connectivity index (χ4v) is 3.24. The number of primary amides is 1. The first-order valence-corrected chi connectivity index (χ1v) is 9.70. The van der Waals surface area contributed by atoms with Crippen LogP contribution in [0.5, 0.6) is 0 Å². The molecule has 0 unspecified atom stereocenters. The molecule has 27 heavy (non-hydrogen) atoms. The van der Waals surface area contributed by atoms with Crippen molar-refractivity contribution < 1.29 is 14.0 Å². The second-order valence-corrected chi connectivity index (χ2v) is 7.69. The van der Waals surface area contributed by atoms with Crippen molar-refractivity contribution in [3.8, 4) is 0 Å². The molecule has 2 rings (SSSR count). The van der Waals surface area contributed by atoms with Gasteiger partial charge in [0.1, 0.15) is 11.6 Å². The van der Waals surface area contributed by atoms with Crippen LogP contribution in [-0.2, 0) is 22.6 Å². The molecule has 0 bridgehead atoms. The number of anilines is 1. The molecule has 0 fully saturated rings. The minimum Gasteiger partial charge on any atom is -0.370 e. The molecule has 10 heteroatoms. The number of aromatic nitrogens is 3. The quantitative estimate of drug-likeness (QED) is 0.615. The molecule has 146 valence electrons. The summed E-state index contributed by atoms with van der Waals surface area (Å²) >= 11 is 6.94. The molecule has 0 aliphatic rings. The summed E-state index contributed by atoms with van der Waals surface area (Å²) in [5.74, 6) is -0.130. The summed E-state index contributed by atoms with van der Waals surface area (Å²) in [6, 6.07) is 3.98. The van der Waals surface area contributed by atoms with Gasteiger partial charge in [-0.2, -0.15) is 0 Å². The first kappa shape index (κ1) is 21.2. The number of hydrogen-bond donors (Lipinski definition) is 2. The monoisotopic (exact) mass is 413 g/mol. The number of aryl methyl sites for hydroxylation is 1. The molecule has 0 spiro atoms. The molecule has 2 amide bonds. The van der Waals surface area contributed by atoms with Crippen LogP contribution in [0.15, 0.2) is 23.4 Å². The second-order valence-electron chi connectivity index (χ2n) is 6.34. The summed E-state index contributed by atoms with van der Waals surface area (Å²) in [7, 11) is 0. The molecule has 0 atom stereocenters. The zero-order valence-electron chi connectivity index (χ0n) is 15.0. The van der Waals surface area contributed by atoms with Gasteiger partial charge in [0.05, 0.1) is 10.8 Å². The van der Waals surface area contributed by atoms with Gasteiger partial charge in [-0.05, 0) is 24.1 Å². The normalized spacial score (nSPS) is 11.0. The van der Waals surface area contributed by atoms with Gasteiger partial charge in [0, 0.05) is 25.1 Å². The third-order valence-electron chi connectivity index (χ3n) is 3.47. The van der Waals surface area contributed by atoms with Crippen molar-refractivity contribution in [1.82, 2.24) is 14.8 Å². The van der Waals surface area contributed by atoms with E-state index in [0.717, 1.165) is 0 Å². The van der Waals surface area contributed by atoms with Gasteiger partial charge in [-0.25, -0.2) is 4.39 Å². The maximum Gasteiger partial charge on any atom is 0.234 e. The molecule has 7 nitrogen and oxygen atoms in total. The molecule has 2 aromatic rings. The molecule has 0 saturated carbocycles. The predicted octanol–water partition coefficient (Wildman–Crippen LogP) is 2.88. The number of carbonyl (C=O) groups excluding carboxylic acids is 2. The van der Waals surface area contributed by atoms with Gasteiger partial charge in [0.2, 0.25) is 11.8 Å². The summed E-state index contributed by atoms with van der Waals surface area (Å²) in [6.07, 6.45) is 0.586. The van der Waals surface area contributed by atoms with Gasteiger partial charge < -0.3 is 15.6 Å². The lowest BCUT2D eigenvalue weighted by molar-refractivity contribution is -0.118. The molecule has 1 heterocycles. The SMILES string of the molecule is CC(C)Cn1c(CCC(N)=O)nnc1SCC(=O)Nc1ccc(F)c(Cl)c1. The number of thioether (sulfide) groups is 1. The maximum absolute atomic E-state index is 13.2. The van der Waals surface area contributed by atoms with Crippen molar-refractivity contribution in [2.24, 2.45) is 11.7 Å². The third kappa shape index (κ3) is 6.51. The molecule has 3 N–H and O–H groups in total. The Morgan fingerprint density at radius 3 is 2.74 bits per heavy atom. The Morgan fingerprint density at radius 2 is 2.11 bits per heavy atom.